The summed E-state index contributed by atoms with van der Waals surface area (Å²) in [5, 5.41) is 17.0. The summed E-state index contributed by atoms with van der Waals surface area (Å²) in [6.07, 6.45) is 5.75. The number of hydrogen-bond donors (Lipinski definition) is 4. The molecule has 1 aromatic carbocycles. The van der Waals surface area contributed by atoms with Crippen molar-refractivity contribution in [1.29, 1.82) is 0 Å². The third-order valence-corrected chi connectivity index (χ3v) is 5.45. The number of dihydropyridines is 1. The minimum absolute atomic E-state index is 0.122. The molecule has 0 bridgehead atoms. The normalized spacial score (nSPS) is 19.1. The summed E-state index contributed by atoms with van der Waals surface area (Å²) in [7, 11) is 0. The van der Waals surface area contributed by atoms with Crippen LogP contribution < -0.4 is 27.0 Å². The van der Waals surface area contributed by atoms with Crippen LogP contribution in [0.3, 0.4) is 0 Å². The lowest BCUT2D eigenvalue weighted by Crippen LogP contribution is -2.35. The first-order chi connectivity index (χ1) is 13.8. The van der Waals surface area contributed by atoms with Gasteiger partial charge >= 0.3 is 5.69 Å². The van der Waals surface area contributed by atoms with Crippen molar-refractivity contribution in [2.45, 2.75) is 25.5 Å². The van der Waals surface area contributed by atoms with E-state index < -0.39 is 17.5 Å². The third-order valence-electron chi connectivity index (χ3n) is 4.89. The zero-order chi connectivity index (χ0) is 20.7. The average molecular weight is 438 g/mol. The Morgan fingerprint density at radius 1 is 1.24 bits per heavy atom. The number of aromatic nitrogens is 3. The number of anilines is 1. The van der Waals surface area contributed by atoms with E-state index in [2.05, 4.69) is 15.4 Å². The number of allylic oxidation sites excluding steroid dienone is 1. The van der Waals surface area contributed by atoms with Crippen molar-refractivity contribution in [3.05, 3.63) is 66.6 Å². The molecule has 0 amide bonds. The highest BCUT2D eigenvalue weighted by molar-refractivity contribution is 6.37. The average Bonchev–Trinajstić information content (AvgIpc) is 2.62. The summed E-state index contributed by atoms with van der Waals surface area (Å²) in [6, 6.07) is 2.83. The number of ether oxygens (including phenoxy) is 1. The lowest BCUT2D eigenvalue weighted by Gasteiger charge is -2.33. The Morgan fingerprint density at radius 3 is 2.55 bits per heavy atom. The lowest BCUT2D eigenvalue weighted by atomic mass is 9.78. The maximum atomic E-state index is 12.0. The van der Waals surface area contributed by atoms with Gasteiger partial charge in [0.25, 0.3) is 5.56 Å². The second kappa shape index (κ2) is 7.58. The number of benzene rings is 1. The fourth-order valence-corrected chi connectivity index (χ4v) is 3.71. The van der Waals surface area contributed by atoms with Gasteiger partial charge in [-0.05, 0) is 42.5 Å². The Morgan fingerprint density at radius 2 is 1.93 bits per heavy atom. The second-order valence-electron chi connectivity index (χ2n) is 6.78. The molecule has 1 aliphatic heterocycles. The maximum absolute atomic E-state index is 12.0. The smallest absolute Gasteiger partial charge is 0.349 e. The van der Waals surface area contributed by atoms with Crippen LogP contribution in [0.2, 0.25) is 10.0 Å². The largest absolute Gasteiger partial charge is 0.453 e. The minimum atomic E-state index is -0.786. The van der Waals surface area contributed by atoms with Gasteiger partial charge in [0, 0.05) is 6.20 Å². The van der Waals surface area contributed by atoms with E-state index in [4.69, 9.17) is 33.7 Å². The van der Waals surface area contributed by atoms with E-state index in [1.807, 2.05) is 0 Å². The van der Waals surface area contributed by atoms with Crippen molar-refractivity contribution in [1.82, 2.24) is 20.1 Å². The van der Waals surface area contributed by atoms with Crippen LogP contribution in [0.5, 0.6) is 5.75 Å². The molecule has 1 fully saturated rings. The highest BCUT2D eigenvalue weighted by Gasteiger charge is 2.28. The Kier molecular flexibility index (Phi) is 5.12. The number of halogens is 2. The molecule has 29 heavy (non-hydrogen) atoms. The molecule has 1 atom stereocenters. The molecule has 1 saturated carbocycles. The third kappa shape index (κ3) is 3.76. The summed E-state index contributed by atoms with van der Waals surface area (Å²) in [6.45, 7) is 0. The summed E-state index contributed by atoms with van der Waals surface area (Å²) >= 11 is 12.6. The van der Waals surface area contributed by atoms with Gasteiger partial charge in [-0.3, -0.25) is 9.78 Å². The van der Waals surface area contributed by atoms with Crippen LogP contribution in [0, 0.1) is 5.92 Å². The molecule has 1 aromatic heterocycles. The van der Waals surface area contributed by atoms with Crippen LogP contribution in [0.15, 0.2) is 45.3 Å². The Bertz CT molecular complexity index is 1130. The number of aliphatic hydroxyl groups excluding tert-OH is 1. The maximum Gasteiger partial charge on any atom is 0.349 e. The van der Waals surface area contributed by atoms with Crippen LogP contribution >= 0.6 is 23.2 Å². The van der Waals surface area contributed by atoms with Crippen molar-refractivity contribution in [2.24, 2.45) is 5.92 Å². The molecule has 5 N–H and O–H groups in total. The van der Waals surface area contributed by atoms with E-state index in [0.717, 1.165) is 29.5 Å². The van der Waals surface area contributed by atoms with E-state index in [1.54, 1.807) is 6.08 Å². The van der Waals surface area contributed by atoms with Gasteiger partial charge in [-0.1, -0.05) is 29.6 Å². The monoisotopic (exact) mass is 437 g/mol. The lowest BCUT2D eigenvalue weighted by molar-refractivity contribution is 0.156. The summed E-state index contributed by atoms with van der Waals surface area (Å²) in [5.41, 5.74) is 4.97. The molecule has 1 unspecified atom stereocenters. The van der Waals surface area contributed by atoms with Crippen LogP contribution in [-0.2, 0) is 0 Å². The first kappa shape index (κ1) is 19.6. The number of nitrogens with one attached hydrogen (secondary N) is 2. The molecule has 0 spiro atoms. The van der Waals surface area contributed by atoms with Crippen LogP contribution in [0.1, 0.15) is 19.3 Å². The first-order valence-electron chi connectivity index (χ1n) is 8.85. The molecule has 9 nitrogen and oxygen atoms in total. The van der Waals surface area contributed by atoms with Gasteiger partial charge in [-0.25, -0.2) is 4.79 Å². The highest BCUT2D eigenvalue weighted by atomic mass is 35.5. The van der Waals surface area contributed by atoms with E-state index in [0.29, 0.717) is 11.7 Å². The van der Waals surface area contributed by atoms with Crippen LogP contribution in [-0.4, -0.2) is 26.1 Å². The van der Waals surface area contributed by atoms with Gasteiger partial charge in [0.2, 0.25) is 5.82 Å². The number of aliphatic hydroxyl groups is 1. The van der Waals surface area contributed by atoms with Gasteiger partial charge in [0.05, 0.1) is 15.7 Å². The van der Waals surface area contributed by atoms with Crippen molar-refractivity contribution >= 4 is 29.0 Å². The first-order valence-corrected chi connectivity index (χ1v) is 9.61. The Balaban J connectivity index is 1.65. The zero-order valence-electron chi connectivity index (χ0n) is 15.0. The summed E-state index contributed by atoms with van der Waals surface area (Å²) in [5.74, 6) is 0.568. The SMILES string of the molecule is Nc1nn(-c2cc(Cl)c(OC3=CNC(O)C(C4CCC4)=C3)c(Cl)c2)c(=O)[nH]c1=O. The second-order valence-corrected chi connectivity index (χ2v) is 7.60. The topological polar surface area (TPSA) is 135 Å². The minimum Gasteiger partial charge on any atom is -0.453 e. The van der Waals surface area contributed by atoms with Crippen LogP contribution in [0.25, 0.3) is 5.69 Å². The molecule has 152 valence electrons. The quantitative estimate of drug-likeness (QED) is 0.571. The molecule has 1 aliphatic carbocycles. The highest BCUT2D eigenvalue weighted by Crippen LogP contribution is 2.39. The number of aromatic amines is 1. The number of rotatable bonds is 4. The molecular weight excluding hydrogens is 421 g/mol. The number of hydrogen-bond acceptors (Lipinski definition) is 7. The molecule has 0 radical (unpaired) electrons. The molecule has 11 heteroatoms. The zero-order valence-corrected chi connectivity index (χ0v) is 16.5. The number of nitrogens with two attached hydrogens (primary N) is 1. The fraction of sp³-hybridized carbons (Fsp3) is 0.278. The number of nitrogen functional groups attached to an aromatic ring is 1. The molecular formula is C18H17Cl2N5O4. The standard InChI is InChI=1S/C18H17Cl2N5O4/c19-12-4-9(25-18(28)23-17(27)15(21)24-25)5-13(20)14(12)29-10-6-11(8-2-1-3-8)16(26)22-7-10/h4-8,16,22,26H,1-3H2,(H2,21,24)(H,23,27,28). The molecule has 2 heterocycles. The number of H-pyrrole nitrogens is 1. The molecule has 0 saturated heterocycles. The Labute approximate surface area is 174 Å². The van der Waals surface area contributed by atoms with Crippen molar-refractivity contribution < 1.29 is 9.84 Å². The van der Waals surface area contributed by atoms with Gasteiger partial charge in [-0.2, -0.15) is 4.68 Å². The molecule has 2 aliphatic rings. The Hall–Kier alpha value is -2.75. The summed E-state index contributed by atoms with van der Waals surface area (Å²) < 4.78 is 6.71. The van der Waals surface area contributed by atoms with Crippen LogP contribution in [0.4, 0.5) is 5.82 Å². The fourth-order valence-electron chi connectivity index (χ4n) is 3.16. The summed E-state index contributed by atoms with van der Waals surface area (Å²) in [4.78, 5) is 25.5. The number of nitrogens with zero attached hydrogens (tertiary/aromatic N) is 2. The van der Waals surface area contributed by atoms with Crippen molar-refractivity contribution in [3.8, 4) is 11.4 Å². The van der Waals surface area contributed by atoms with E-state index in [9.17, 15) is 14.7 Å². The van der Waals surface area contributed by atoms with Gasteiger partial charge in [0.1, 0.15) is 12.0 Å². The predicted molar refractivity (Wildman–Crippen MR) is 108 cm³/mol. The van der Waals surface area contributed by atoms with Crippen molar-refractivity contribution in [3.63, 3.8) is 0 Å². The van der Waals surface area contributed by atoms with Gasteiger partial charge in [0.15, 0.2) is 5.75 Å². The predicted octanol–water partition coefficient (Wildman–Crippen LogP) is 1.68. The van der Waals surface area contributed by atoms with E-state index in [1.165, 1.54) is 18.3 Å². The van der Waals surface area contributed by atoms with Gasteiger partial charge < -0.3 is 20.9 Å². The molecule has 4 rings (SSSR count). The van der Waals surface area contributed by atoms with Gasteiger partial charge in [-0.15, -0.1) is 5.10 Å². The molecule has 2 aromatic rings. The van der Waals surface area contributed by atoms with E-state index in [-0.39, 0.29) is 27.3 Å². The van der Waals surface area contributed by atoms with E-state index >= 15 is 0 Å². The van der Waals surface area contributed by atoms with Crippen molar-refractivity contribution in [2.75, 3.05) is 5.73 Å².